The minimum absolute atomic E-state index is 0.0333. The number of halogens is 2. The van der Waals surface area contributed by atoms with Crippen LogP contribution in [-0.4, -0.2) is 11.5 Å². The summed E-state index contributed by atoms with van der Waals surface area (Å²) in [7, 11) is 0. The molecule has 0 aliphatic rings. The summed E-state index contributed by atoms with van der Waals surface area (Å²) in [5, 5.41) is 4.67. The molecule has 0 radical (unpaired) electrons. The number of nitrogens with zero attached hydrogens (tertiary/aromatic N) is 1. The van der Waals surface area contributed by atoms with Gasteiger partial charge in [-0.3, -0.25) is 4.98 Å². The number of hydrogen-bond acceptors (Lipinski definition) is 2. The molecule has 2 rings (SSSR count). The number of benzene rings is 1. The van der Waals surface area contributed by atoms with Crippen molar-refractivity contribution >= 4 is 23.2 Å². The lowest BCUT2D eigenvalue weighted by atomic mass is 10.00. The topological polar surface area (TPSA) is 24.9 Å². The highest BCUT2D eigenvalue weighted by Crippen LogP contribution is 2.29. The molecule has 0 bridgehead atoms. The van der Waals surface area contributed by atoms with Crippen molar-refractivity contribution in [2.24, 2.45) is 0 Å². The molecule has 1 aromatic carbocycles. The summed E-state index contributed by atoms with van der Waals surface area (Å²) in [6.45, 7) is 5.13. The van der Waals surface area contributed by atoms with E-state index in [4.69, 9.17) is 23.2 Å². The second-order valence-electron chi connectivity index (χ2n) is 4.77. The molecule has 1 N–H and O–H groups in total. The molecule has 1 aromatic heterocycles. The molecule has 20 heavy (non-hydrogen) atoms. The first-order valence-electron chi connectivity index (χ1n) is 6.73. The zero-order valence-corrected chi connectivity index (χ0v) is 13.2. The van der Waals surface area contributed by atoms with Gasteiger partial charge in [-0.15, -0.1) is 0 Å². The van der Waals surface area contributed by atoms with Crippen molar-refractivity contribution in [3.8, 4) is 0 Å². The van der Waals surface area contributed by atoms with Gasteiger partial charge >= 0.3 is 0 Å². The minimum atomic E-state index is 0.0333. The van der Waals surface area contributed by atoms with Gasteiger partial charge in [0.05, 0.1) is 21.8 Å². The second kappa shape index (κ2) is 7.07. The third-order valence-electron chi connectivity index (χ3n) is 3.20. The van der Waals surface area contributed by atoms with E-state index in [0.717, 1.165) is 29.8 Å². The first kappa shape index (κ1) is 15.3. The summed E-state index contributed by atoms with van der Waals surface area (Å²) < 4.78 is 0. The van der Waals surface area contributed by atoms with Crippen LogP contribution in [0.4, 0.5) is 0 Å². The molecular formula is C16H18Cl2N2. The molecule has 0 saturated carbocycles. The Bertz CT molecular complexity index is 584. The van der Waals surface area contributed by atoms with Crippen molar-refractivity contribution in [1.29, 1.82) is 0 Å². The summed E-state index contributed by atoms with van der Waals surface area (Å²) in [5.41, 5.74) is 3.26. The molecule has 0 fully saturated rings. The van der Waals surface area contributed by atoms with Crippen LogP contribution >= 0.6 is 23.2 Å². The first-order chi connectivity index (χ1) is 9.63. The van der Waals surface area contributed by atoms with E-state index in [1.807, 2.05) is 30.5 Å². The zero-order valence-electron chi connectivity index (χ0n) is 11.7. The van der Waals surface area contributed by atoms with E-state index in [2.05, 4.69) is 30.2 Å². The fraction of sp³-hybridized carbons (Fsp3) is 0.312. The van der Waals surface area contributed by atoms with Gasteiger partial charge in [-0.1, -0.05) is 42.3 Å². The molecule has 1 heterocycles. The summed E-state index contributed by atoms with van der Waals surface area (Å²) in [4.78, 5) is 4.52. The summed E-state index contributed by atoms with van der Waals surface area (Å²) in [5.74, 6) is 0. The summed E-state index contributed by atoms with van der Waals surface area (Å²) in [6, 6.07) is 9.79. The Labute approximate surface area is 130 Å². The van der Waals surface area contributed by atoms with Crippen molar-refractivity contribution < 1.29 is 0 Å². The summed E-state index contributed by atoms with van der Waals surface area (Å²) >= 11 is 12.1. The van der Waals surface area contributed by atoms with E-state index in [0.29, 0.717) is 10.0 Å². The normalized spacial score (nSPS) is 12.4. The van der Waals surface area contributed by atoms with Gasteiger partial charge in [0.1, 0.15) is 0 Å². The number of pyridine rings is 1. The molecule has 0 aliphatic carbocycles. The molecule has 0 aliphatic heterocycles. The SMILES string of the molecule is CCCNC(c1ccc(Cl)c(Cl)c1)c1ncccc1C. The monoisotopic (exact) mass is 308 g/mol. The van der Waals surface area contributed by atoms with Crippen LogP contribution in [0, 0.1) is 6.92 Å². The lowest BCUT2D eigenvalue weighted by Crippen LogP contribution is -2.24. The van der Waals surface area contributed by atoms with Gasteiger partial charge in [-0.05, 0) is 49.2 Å². The maximum atomic E-state index is 6.14. The van der Waals surface area contributed by atoms with Crippen molar-refractivity contribution in [3.63, 3.8) is 0 Å². The Kier molecular flexibility index (Phi) is 5.41. The van der Waals surface area contributed by atoms with Gasteiger partial charge in [0.15, 0.2) is 0 Å². The van der Waals surface area contributed by atoms with Gasteiger partial charge in [0, 0.05) is 6.20 Å². The Morgan fingerprint density at radius 2 is 2.00 bits per heavy atom. The van der Waals surface area contributed by atoms with Crippen LogP contribution in [0.25, 0.3) is 0 Å². The van der Waals surface area contributed by atoms with Crippen LogP contribution in [0.15, 0.2) is 36.5 Å². The quantitative estimate of drug-likeness (QED) is 0.859. The van der Waals surface area contributed by atoms with Crippen molar-refractivity contribution in [2.75, 3.05) is 6.54 Å². The molecule has 2 nitrogen and oxygen atoms in total. The molecular weight excluding hydrogens is 291 g/mol. The molecule has 1 atom stereocenters. The lowest BCUT2D eigenvalue weighted by Gasteiger charge is -2.20. The Balaban J connectivity index is 2.41. The number of rotatable bonds is 5. The van der Waals surface area contributed by atoms with E-state index in [9.17, 15) is 0 Å². The predicted octanol–water partition coefficient (Wildman–Crippen LogP) is 4.79. The fourth-order valence-corrected chi connectivity index (χ4v) is 2.46. The maximum absolute atomic E-state index is 6.14. The van der Waals surface area contributed by atoms with E-state index in [-0.39, 0.29) is 6.04 Å². The van der Waals surface area contributed by atoms with Crippen LogP contribution in [0.3, 0.4) is 0 Å². The Morgan fingerprint density at radius 1 is 1.20 bits per heavy atom. The van der Waals surface area contributed by atoms with Gasteiger partial charge in [0.25, 0.3) is 0 Å². The van der Waals surface area contributed by atoms with Crippen LogP contribution in [0.1, 0.15) is 36.2 Å². The van der Waals surface area contributed by atoms with Crippen LogP contribution in [0.5, 0.6) is 0 Å². The average molecular weight is 309 g/mol. The standard InChI is InChI=1S/C16H18Cl2N2/c1-3-8-19-16(15-11(2)5-4-9-20-15)12-6-7-13(17)14(18)10-12/h4-7,9-10,16,19H,3,8H2,1-2H3. The molecule has 4 heteroatoms. The van der Waals surface area contributed by atoms with Gasteiger partial charge < -0.3 is 5.32 Å². The van der Waals surface area contributed by atoms with Crippen molar-refractivity contribution in [2.45, 2.75) is 26.3 Å². The van der Waals surface area contributed by atoms with E-state index < -0.39 is 0 Å². The number of aromatic nitrogens is 1. The molecule has 1 unspecified atom stereocenters. The van der Waals surface area contributed by atoms with Crippen LogP contribution in [0.2, 0.25) is 10.0 Å². The lowest BCUT2D eigenvalue weighted by molar-refractivity contribution is 0.584. The van der Waals surface area contributed by atoms with E-state index in [1.165, 1.54) is 0 Å². The smallest absolute Gasteiger partial charge is 0.0754 e. The van der Waals surface area contributed by atoms with Crippen LogP contribution < -0.4 is 5.32 Å². The predicted molar refractivity (Wildman–Crippen MR) is 85.6 cm³/mol. The zero-order chi connectivity index (χ0) is 14.5. The number of hydrogen-bond donors (Lipinski definition) is 1. The Hall–Kier alpha value is -1.09. The van der Waals surface area contributed by atoms with Crippen molar-refractivity contribution in [3.05, 3.63) is 63.4 Å². The molecule has 0 amide bonds. The van der Waals surface area contributed by atoms with Gasteiger partial charge in [0.2, 0.25) is 0 Å². The third kappa shape index (κ3) is 3.51. The highest BCUT2D eigenvalue weighted by molar-refractivity contribution is 6.42. The highest BCUT2D eigenvalue weighted by atomic mass is 35.5. The van der Waals surface area contributed by atoms with Crippen LogP contribution in [-0.2, 0) is 0 Å². The minimum Gasteiger partial charge on any atom is -0.305 e. The number of aryl methyl sites for hydroxylation is 1. The Morgan fingerprint density at radius 3 is 2.65 bits per heavy atom. The molecule has 106 valence electrons. The summed E-state index contributed by atoms with van der Waals surface area (Å²) in [6.07, 6.45) is 2.88. The van der Waals surface area contributed by atoms with E-state index in [1.54, 1.807) is 0 Å². The van der Waals surface area contributed by atoms with Crippen molar-refractivity contribution in [1.82, 2.24) is 10.3 Å². The highest BCUT2D eigenvalue weighted by Gasteiger charge is 2.17. The third-order valence-corrected chi connectivity index (χ3v) is 3.94. The average Bonchev–Trinajstić information content (AvgIpc) is 2.44. The fourth-order valence-electron chi connectivity index (χ4n) is 2.15. The number of nitrogens with one attached hydrogen (secondary N) is 1. The molecule has 0 spiro atoms. The van der Waals surface area contributed by atoms with Gasteiger partial charge in [-0.25, -0.2) is 0 Å². The van der Waals surface area contributed by atoms with Gasteiger partial charge in [-0.2, -0.15) is 0 Å². The largest absolute Gasteiger partial charge is 0.305 e. The first-order valence-corrected chi connectivity index (χ1v) is 7.49. The molecule has 0 saturated heterocycles. The molecule has 2 aromatic rings. The maximum Gasteiger partial charge on any atom is 0.0754 e. The van der Waals surface area contributed by atoms with E-state index >= 15 is 0 Å². The second-order valence-corrected chi connectivity index (χ2v) is 5.58.